The number of nitrogens with one attached hydrogen (secondary N) is 2. The fourth-order valence-corrected chi connectivity index (χ4v) is 4.95. The van der Waals surface area contributed by atoms with Crippen LogP contribution in [-0.4, -0.2) is 92.4 Å². The molecule has 260 valence electrons. The van der Waals surface area contributed by atoms with Crippen LogP contribution in [0.5, 0.6) is 5.75 Å². The van der Waals surface area contributed by atoms with Gasteiger partial charge in [-0.15, -0.1) is 24.8 Å². The van der Waals surface area contributed by atoms with Crippen molar-refractivity contribution in [1.82, 2.24) is 15.5 Å². The Kier molecular flexibility index (Phi) is 19.9. The Morgan fingerprint density at radius 1 is 1.02 bits per heavy atom. The number of halogens is 2. The molecule has 1 aliphatic heterocycles. The van der Waals surface area contributed by atoms with Crippen molar-refractivity contribution in [3.05, 3.63) is 29.8 Å². The molecule has 1 heterocycles. The quantitative estimate of drug-likeness (QED) is 0.158. The van der Waals surface area contributed by atoms with Crippen LogP contribution in [0.25, 0.3) is 0 Å². The van der Waals surface area contributed by atoms with E-state index in [0.717, 1.165) is 32.8 Å². The number of benzene rings is 1. The molecule has 4 unspecified atom stereocenters. The van der Waals surface area contributed by atoms with Crippen molar-refractivity contribution in [2.45, 2.75) is 66.5 Å². The van der Waals surface area contributed by atoms with Gasteiger partial charge in [-0.25, -0.2) is 0 Å². The summed E-state index contributed by atoms with van der Waals surface area (Å²) in [7, 11) is 0. The van der Waals surface area contributed by atoms with Crippen LogP contribution < -0.4 is 26.8 Å². The molecule has 3 amide bonds. The normalized spacial score (nSPS) is 16.5. The van der Waals surface area contributed by atoms with Crippen molar-refractivity contribution in [1.29, 1.82) is 0 Å². The smallest absolute Gasteiger partial charge is 0.255 e. The zero-order chi connectivity index (χ0) is 32.2. The highest BCUT2D eigenvalue weighted by molar-refractivity contribution is 5.96. The van der Waals surface area contributed by atoms with Gasteiger partial charge in [-0.05, 0) is 56.6 Å². The molecule has 11 nitrogen and oxygen atoms in total. The standard InChI is InChI=1S/C32H55N5O6.2ClH/c1-21(2)23(17-26(33)27(38)18-25(22(3)4)30(40)36-20-32(5,6)31(34)41)19-35-29(39)24-9-7-8-10-28(24)43-16-13-37-11-14-42-15-12-37;;/h7-10,21-23,25-27,38H,11-20,33H2,1-6H3,(H2,34,41)(H,35,39)(H,36,40);2*1H. The summed E-state index contributed by atoms with van der Waals surface area (Å²) in [6, 6.07) is 6.63. The first-order valence-corrected chi connectivity index (χ1v) is 15.5. The van der Waals surface area contributed by atoms with Gasteiger partial charge in [0.2, 0.25) is 11.8 Å². The first kappa shape index (κ1) is 42.9. The van der Waals surface area contributed by atoms with E-state index in [1.165, 1.54) is 0 Å². The number of hydrogen-bond acceptors (Lipinski definition) is 8. The zero-order valence-corrected chi connectivity index (χ0v) is 29.4. The molecule has 0 radical (unpaired) electrons. The second kappa shape index (κ2) is 20.9. The number of ether oxygens (including phenoxy) is 2. The molecule has 0 aliphatic carbocycles. The Hall–Kier alpha value is -2.15. The lowest BCUT2D eigenvalue weighted by Gasteiger charge is -2.30. The summed E-state index contributed by atoms with van der Waals surface area (Å²) in [5.41, 5.74) is 11.5. The molecule has 2 rings (SSSR count). The summed E-state index contributed by atoms with van der Waals surface area (Å²) in [5, 5.41) is 16.9. The topological polar surface area (TPSA) is 169 Å². The van der Waals surface area contributed by atoms with Crippen LogP contribution in [0.3, 0.4) is 0 Å². The van der Waals surface area contributed by atoms with Gasteiger partial charge in [0.25, 0.3) is 5.91 Å². The molecule has 0 bridgehead atoms. The molecular weight excluding hydrogens is 621 g/mol. The average Bonchev–Trinajstić information content (AvgIpc) is 2.96. The van der Waals surface area contributed by atoms with Crippen LogP contribution >= 0.6 is 24.8 Å². The lowest BCUT2D eigenvalue weighted by molar-refractivity contribution is -0.130. The number of carbonyl (C=O) groups is 3. The van der Waals surface area contributed by atoms with E-state index < -0.39 is 29.4 Å². The van der Waals surface area contributed by atoms with Crippen molar-refractivity contribution in [2.24, 2.45) is 40.6 Å². The predicted molar refractivity (Wildman–Crippen MR) is 182 cm³/mol. The number of amides is 3. The number of nitrogens with two attached hydrogens (primary N) is 2. The minimum atomic E-state index is -0.917. The number of morpholine rings is 1. The SMILES string of the molecule is CC(C)C(CNC(=O)c1ccccc1OCCN1CCOCC1)CC(N)C(O)CC(C(=O)NCC(C)(C)C(N)=O)C(C)C.Cl.Cl. The Morgan fingerprint density at radius 2 is 1.64 bits per heavy atom. The van der Waals surface area contributed by atoms with Gasteiger partial charge in [-0.2, -0.15) is 0 Å². The molecule has 1 aromatic rings. The molecule has 0 aromatic heterocycles. The Labute approximate surface area is 281 Å². The largest absolute Gasteiger partial charge is 0.491 e. The van der Waals surface area contributed by atoms with Crippen LogP contribution in [0, 0.1) is 29.1 Å². The number of hydrogen-bond donors (Lipinski definition) is 5. The molecule has 1 saturated heterocycles. The monoisotopic (exact) mass is 677 g/mol. The van der Waals surface area contributed by atoms with Crippen LogP contribution in [0.15, 0.2) is 24.3 Å². The summed E-state index contributed by atoms with van der Waals surface area (Å²) in [6.45, 7) is 16.2. The number of aliphatic hydroxyl groups excluding tert-OH is 1. The number of para-hydroxylation sites is 1. The van der Waals surface area contributed by atoms with Gasteiger partial charge in [0.05, 0.1) is 30.3 Å². The van der Waals surface area contributed by atoms with E-state index in [0.29, 0.717) is 30.9 Å². The molecule has 1 aliphatic rings. The first-order valence-electron chi connectivity index (χ1n) is 15.5. The van der Waals surface area contributed by atoms with Crippen molar-refractivity contribution < 1.29 is 29.0 Å². The summed E-state index contributed by atoms with van der Waals surface area (Å²) in [4.78, 5) is 40.0. The molecule has 4 atom stereocenters. The number of rotatable bonds is 18. The first-order chi connectivity index (χ1) is 20.2. The van der Waals surface area contributed by atoms with Crippen molar-refractivity contribution >= 4 is 42.5 Å². The van der Waals surface area contributed by atoms with Gasteiger partial charge < -0.3 is 36.7 Å². The highest BCUT2D eigenvalue weighted by Crippen LogP contribution is 2.24. The third kappa shape index (κ3) is 14.4. The second-order valence-corrected chi connectivity index (χ2v) is 13.0. The number of aliphatic hydroxyl groups is 1. The van der Waals surface area contributed by atoms with Crippen LogP contribution in [0.4, 0.5) is 0 Å². The van der Waals surface area contributed by atoms with Gasteiger partial charge in [0, 0.05) is 44.7 Å². The van der Waals surface area contributed by atoms with E-state index in [2.05, 4.69) is 29.4 Å². The molecule has 45 heavy (non-hydrogen) atoms. The number of nitrogens with zero attached hydrogens (tertiary/aromatic N) is 1. The average molecular weight is 679 g/mol. The van der Waals surface area contributed by atoms with Crippen molar-refractivity contribution in [3.8, 4) is 5.75 Å². The van der Waals surface area contributed by atoms with E-state index in [1.807, 2.05) is 26.0 Å². The summed E-state index contributed by atoms with van der Waals surface area (Å²) >= 11 is 0. The third-order valence-electron chi connectivity index (χ3n) is 8.45. The Morgan fingerprint density at radius 3 is 2.22 bits per heavy atom. The van der Waals surface area contributed by atoms with Gasteiger partial charge >= 0.3 is 0 Å². The van der Waals surface area contributed by atoms with Gasteiger partial charge in [0.15, 0.2) is 0 Å². The van der Waals surface area contributed by atoms with Gasteiger partial charge in [0.1, 0.15) is 12.4 Å². The Balaban J connectivity index is 0.00000968. The van der Waals surface area contributed by atoms with E-state index in [9.17, 15) is 19.5 Å². The Bertz CT molecular complexity index is 1040. The molecule has 13 heteroatoms. The van der Waals surface area contributed by atoms with Gasteiger partial charge in [-0.3, -0.25) is 19.3 Å². The highest BCUT2D eigenvalue weighted by atomic mass is 35.5. The number of carbonyl (C=O) groups excluding carboxylic acids is 3. The maximum Gasteiger partial charge on any atom is 0.255 e. The molecule has 0 saturated carbocycles. The lowest BCUT2D eigenvalue weighted by Crippen LogP contribution is -2.47. The zero-order valence-electron chi connectivity index (χ0n) is 27.8. The second-order valence-electron chi connectivity index (χ2n) is 13.0. The van der Waals surface area contributed by atoms with Gasteiger partial charge in [-0.1, -0.05) is 39.8 Å². The summed E-state index contributed by atoms with van der Waals surface area (Å²) < 4.78 is 11.4. The molecular formula is C32H57Cl2N5O6. The van der Waals surface area contributed by atoms with Crippen molar-refractivity contribution in [3.63, 3.8) is 0 Å². The molecule has 7 N–H and O–H groups in total. The number of primary amides is 1. The van der Waals surface area contributed by atoms with E-state index >= 15 is 0 Å². The van der Waals surface area contributed by atoms with Crippen LogP contribution in [0.1, 0.15) is 64.7 Å². The van der Waals surface area contributed by atoms with E-state index in [4.69, 9.17) is 20.9 Å². The fraction of sp³-hybridized carbons (Fsp3) is 0.719. The molecule has 1 aromatic carbocycles. The summed E-state index contributed by atoms with van der Waals surface area (Å²) in [5.74, 6) is -0.756. The molecule has 0 spiro atoms. The van der Waals surface area contributed by atoms with E-state index in [-0.39, 0.29) is 67.3 Å². The molecule has 1 fully saturated rings. The third-order valence-corrected chi connectivity index (χ3v) is 8.45. The highest BCUT2D eigenvalue weighted by Gasteiger charge is 2.32. The maximum absolute atomic E-state index is 13.2. The lowest BCUT2D eigenvalue weighted by atomic mass is 9.83. The van der Waals surface area contributed by atoms with E-state index in [1.54, 1.807) is 26.0 Å². The fourth-order valence-electron chi connectivity index (χ4n) is 4.95. The van der Waals surface area contributed by atoms with Crippen LogP contribution in [-0.2, 0) is 14.3 Å². The minimum Gasteiger partial charge on any atom is -0.491 e. The van der Waals surface area contributed by atoms with Crippen molar-refractivity contribution in [2.75, 3.05) is 52.5 Å². The maximum atomic E-state index is 13.2. The predicted octanol–water partition coefficient (Wildman–Crippen LogP) is 2.61. The van der Waals surface area contributed by atoms with Crippen LogP contribution in [0.2, 0.25) is 0 Å². The minimum absolute atomic E-state index is 0. The summed E-state index contributed by atoms with van der Waals surface area (Å²) in [6.07, 6.45) is -0.258.